The molecule has 0 saturated carbocycles. The maximum absolute atomic E-state index is 13.1. The van der Waals surface area contributed by atoms with E-state index in [0.717, 1.165) is 72.8 Å². The molecule has 2 fully saturated rings. The van der Waals surface area contributed by atoms with Crippen LogP contribution in [0.15, 0.2) is 76.9 Å². The Kier molecular flexibility index (Phi) is 7.26. The maximum atomic E-state index is 13.1. The number of carbonyl (C=O) groups excluding carboxylic acids is 1. The molecule has 0 bridgehead atoms. The summed E-state index contributed by atoms with van der Waals surface area (Å²) in [5.74, 6) is 0.818. The monoisotopic (exact) mass is 475 g/mol. The largest absolute Gasteiger partial charge is 0.378 e. The summed E-state index contributed by atoms with van der Waals surface area (Å²) in [5, 5.41) is 3.99. The van der Waals surface area contributed by atoms with Gasteiger partial charge in [-0.15, -0.1) is 0 Å². The zero-order chi connectivity index (χ0) is 23.2. The molecule has 1 aromatic heterocycles. The molecule has 0 radical (unpaired) electrons. The maximum Gasteiger partial charge on any atom is 0.229 e. The first-order valence-electron chi connectivity index (χ1n) is 11.8. The minimum atomic E-state index is -0.0933. The highest BCUT2D eigenvalue weighted by molar-refractivity contribution is 7.99. The number of anilines is 3. The molecule has 2 aliphatic rings. The topological polar surface area (TPSA) is 70.6 Å². The highest BCUT2D eigenvalue weighted by Gasteiger charge is 2.28. The predicted octanol–water partition coefficient (Wildman–Crippen LogP) is 4.32. The van der Waals surface area contributed by atoms with Crippen molar-refractivity contribution in [1.82, 2.24) is 9.97 Å². The van der Waals surface area contributed by atoms with Crippen LogP contribution in [0.25, 0.3) is 0 Å². The molecule has 3 aromatic rings. The Morgan fingerprint density at radius 2 is 1.71 bits per heavy atom. The summed E-state index contributed by atoms with van der Waals surface area (Å²) in [6.45, 7) is 4.83. The summed E-state index contributed by atoms with van der Waals surface area (Å²) < 4.78 is 5.43. The van der Waals surface area contributed by atoms with Gasteiger partial charge in [0.15, 0.2) is 5.82 Å². The number of piperidine rings is 1. The van der Waals surface area contributed by atoms with E-state index in [2.05, 4.69) is 49.4 Å². The van der Waals surface area contributed by atoms with Crippen LogP contribution in [-0.4, -0.2) is 55.3 Å². The lowest BCUT2D eigenvalue weighted by Gasteiger charge is -2.33. The third kappa shape index (κ3) is 5.51. The van der Waals surface area contributed by atoms with Gasteiger partial charge >= 0.3 is 0 Å². The fourth-order valence-corrected chi connectivity index (χ4v) is 5.32. The van der Waals surface area contributed by atoms with Gasteiger partial charge in [-0.2, -0.15) is 0 Å². The van der Waals surface area contributed by atoms with Crippen LogP contribution in [0.1, 0.15) is 12.8 Å². The van der Waals surface area contributed by atoms with E-state index in [0.29, 0.717) is 6.54 Å². The first kappa shape index (κ1) is 22.7. The van der Waals surface area contributed by atoms with E-state index in [1.54, 1.807) is 24.2 Å². The van der Waals surface area contributed by atoms with Crippen molar-refractivity contribution in [3.8, 4) is 0 Å². The van der Waals surface area contributed by atoms with E-state index in [9.17, 15) is 4.79 Å². The highest BCUT2D eigenvalue weighted by atomic mass is 32.2. The van der Waals surface area contributed by atoms with E-state index < -0.39 is 0 Å². The number of hydrogen-bond donors (Lipinski definition) is 1. The highest BCUT2D eigenvalue weighted by Crippen LogP contribution is 2.34. The predicted molar refractivity (Wildman–Crippen MR) is 136 cm³/mol. The minimum absolute atomic E-state index is 0.0602. The second kappa shape index (κ2) is 10.9. The molecule has 2 aromatic carbocycles. The second-order valence-corrected chi connectivity index (χ2v) is 9.58. The molecular weight excluding hydrogens is 446 g/mol. The van der Waals surface area contributed by atoms with Crippen molar-refractivity contribution in [2.75, 3.05) is 54.5 Å². The van der Waals surface area contributed by atoms with Crippen LogP contribution in [-0.2, 0) is 9.53 Å². The number of morpholine rings is 1. The third-order valence-corrected chi connectivity index (χ3v) is 7.20. The summed E-state index contributed by atoms with van der Waals surface area (Å²) in [7, 11) is 0. The van der Waals surface area contributed by atoms with E-state index in [4.69, 9.17) is 4.74 Å². The van der Waals surface area contributed by atoms with Crippen LogP contribution < -0.4 is 15.1 Å². The van der Waals surface area contributed by atoms with E-state index in [1.165, 1.54) is 0 Å². The molecule has 2 saturated heterocycles. The van der Waals surface area contributed by atoms with Gasteiger partial charge in [0.25, 0.3) is 0 Å². The lowest BCUT2D eigenvalue weighted by Crippen LogP contribution is -2.41. The molecular formula is C26H29N5O2S. The van der Waals surface area contributed by atoms with Gasteiger partial charge in [0.1, 0.15) is 5.03 Å². The second-order valence-electron chi connectivity index (χ2n) is 8.52. The van der Waals surface area contributed by atoms with Crippen molar-refractivity contribution >= 4 is 34.9 Å². The summed E-state index contributed by atoms with van der Waals surface area (Å²) in [6, 6.07) is 18.3. The van der Waals surface area contributed by atoms with Crippen LogP contribution in [0.3, 0.4) is 0 Å². The number of carbonyl (C=O) groups is 1. The van der Waals surface area contributed by atoms with Crippen LogP contribution in [0.5, 0.6) is 0 Å². The molecule has 1 amide bonds. The van der Waals surface area contributed by atoms with Crippen molar-refractivity contribution in [2.24, 2.45) is 5.92 Å². The molecule has 3 heterocycles. The van der Waals surface area contributed by atoms with Crippen LogP contribution in [0, 0.1) is 5.92 Å². The Labute approximate surface area is 204 Å². The fourth-order valence-electron chi connectivity index (χ4n) is 4.41. The average molecular weight is 476 g/mol. The van der Waals surface area contributed by atoms with Crippen LogP contribution in [0.4, 0.5) is 17.2 Å². The number of nitrogens with zero attached hydrogens (tertiary/aromatic N) is 4. The first-order chi connectivity index (χ1) is 16.8. The molecule has 0 aliphatic carbocycles. The minimum Gasteiger partial charge on any atom is -0.378 e. The average Bonchev–Trinajstić information content (AvgIpc) is 2.91. The Morgan fingerprint density at radius 1 is 0.941 bits per heavy atom. The van der Waals surface area contributed by atoms with Gasteiger partial charge in [-0.1, -0.05) is 30.0 Å². The summed E-state index contributed by atoms with van der Waals surface area (Å²) >= 11 is 1.61. The molecule has 5 rings (SSSR count). The quantitative estimate of drug-likeness (QED) is 0.569. The first-order valence-corrected chi connectivity index (χ1v) is 12.6. The van der Waals surface area contributed by atoms with Gasteiger partial charge in [-0.05, 0) is 49.2 Å². The molecule has 7 nitrogen and oxygen atoms in total. The third-order valence-electron chi connectivity index (χ3n) is 6.21. The zero-order valence-corrected chi connectivity index (χ0v) is 19.9. The number of nitrogens with one attached hydrogen (secondary N) is 1. The van der Waals surface area contributed by atoms with Gasteiger partial charge < -0.3 is 19.9 Å². The summed E-state index contributed by atoms with van der Waals surface area (Å²) in [6.07, 6.45) is 5.27. The van der Waals surface area contributed by atoms with Crippen molar-refractivity contribution < 1.29 is 9.53 Å². The molecule has 0 spiro atoms. The molecule has 8 heteroatoms. The van der Waals surface area contributed by atoms with Crippen molar-refractivity contribution in [3.63, 3.8) is 0 Å². The smallest absolute Gasteiger partial charge is 0.229 e. The summed E-state index contributed by atoms with van der Waals surface area (Å²) in [5.41, 5.74) is 2.00. The SMILES string of the molecule is O=C(Nc1ccc(N2CCOCC2)cc1)C1CCCN(c2nccnc2Sc2ccccc2)C1. The van der Waals surface area contributed by atoms with E-state index >= 15 is 0 Å². The molecule has 1 atom stereocenters. The Bertz CT molecular complexity index is 1090. The summed E-state index contributed by atoms with van der Waals surface area (Å²) in [4.78, 5) is 27.9. The van der Waals surface area contributed by atoms with Gasteiger partial charge in [0.2, 0.25) is 5.91 Å². The van der Waals surface area contributed by atoms with Crippen LogP contribution >= 0.6 is 11.8 Å². The fraction of sp³-hybridized carbons (Fsp3) is 0.346. The van der Waals surface area contributed by atoms with Crippen molar-refractivity contribution in [3.05, 3.63) is 67.0 Å². The molecule has 176 valence electrons. The number of aromatic nitrogens is 2. The van der Waals surface area contributed by atoms with E-state index in [1.807, 2.05) is 30.3 Å². The number of rotatable bonds is 6. The Morgan fingerprint density at radius 3 is 2.50 bits per heavy atom. The van der Waals surface area contributed by atoms with Crippen LogP contribution in [0.2, 0.25) is 0 Å². The lowest BCUT2D eigenvalue weighted by atomic mass is 9.97. The van der Waals surface area contributed by atoms with E-state index in [-0.39, 0.29) is 11.8 Å². The van der Waals surface area contributed by atoms with Gasteiger partial charge in [0, 0.05) is 54.8 Å². The Balaban J connectivity index is 1.23. The van der Waals surface area contributed by atoms with Gasteiger partial charge in [0.05, 0.1) is 19.1 Å². The molecule has 1 N–H and O–H groups in total. The zero-order valence-electron chi connectivity index (χ0n) is 19.1. The molecule has 34 heavy (non-hydrogen) atoms. The van der Waals surface area contributed by atoms with Crippen molar-refractivity contribution in [1.29, 1.82) is 0 Å². The lowest BCUT2D eigenvalue weighted by molar-refractivity contribution is -0.120. The molecule has 1 unspecified atom stereocenters. The van der Waals surface area contributed by atoms with Gasteiger partial charge in [-0.3, -0.25) is 4.79 Å². The number of amides is 1. The molecule has 2 aliphatic heterocycles. The Hall–Kier alpha value is -3.10. The number of benzene rings is 2. The normalized spacial score (nSPS) is 18.5. The van der Waals surface area contributed by atoms with Gasteiger partial charge in [-0.25, -0.2) is 9.97 Å². The standard InChI is InChI=1S/C26H29N5O2S/c32-25(29-21-8-10-22(11-9-21)30-15-17-33-18-16-30)20-5-4-14-31(19-20)24-26(28-13-12-27-24)34-23-6-2-1-3-7-23/h1-3,6-13,20H,4-5,14-19H2,(H,29,32). The number of hydrogen-bond acceptors (Lipinski definition) is 7. The van der Waals surface area contributed by atoms with Crippen molar-refractivity contribution in [2.45, 2.75) is 22.8 Å². The number of ether oxygens (including phenoxy) is 1.